The largest absolute Gasteiger partial charge is 0.491 e. The van der Waals surface area contributed by atoms with E-state index in [-0.39, 0.29) is 30.0 Å². The van der Waals surface area contributed by atoms with E-state index in [4.69, 9.17) is 4.74 Å². The van der Waals surface area contributed by atoms with Crippen molar-refractivity contribution >= 4 is 23.2 Å². The van der Waals surface area contributed by atoms with Gasteiger partial charge in [0.25, 0.3) is 5.91 Å². The summed E-state index contributed by atoms with van der Waals surface area (Å²) in [5.41, 5.74) is 1.85. The van der Waals surface area contributed by atoms with Gasteiger partial charge in [-0.2, -0.15) is 0 Å². The van der Waals surface area contributed by atoms with Crippen LogP contribution in [0.15, 0.2) is 60.0 Å². The first-order valence-corrected chi connectivity index (χ1v) is 12.6. The number of hydrogen-bond donors (Lipinski definition) is 0. The fourth-order valence-electron chi connectivity index (χ4n) is 4.30. The first-order valence-electron chi connectivity index (χ1n) is 11.8. The van der Waals surface area contributed by atoms with Crippen molar-refractivity contribution in [2.24, 2.45) is 0 Å². The van der Waals surface area contributed by atoms with Crippen LogP contribution in [0.2, 0.25) is 0 Å². The van der Waals surface area contributed by atoms with E-state index in [1.165, 1.54) is 28.0 Å². The predicted octanol–water partition coefficient (Wildman–Crippen LogP) is 5.64. The van der Waals surface area contributed by atoms with E-state index >= 15 is 0 Å². The molecule has 0 bridgehead atoms. The zero-order valence-electron chi connectivity index (χ0n) is 20.6. The molecule has 4 rings (SSSR count). The predicted molar refractivity (Wildman–Crippen MR) is 136 cm³/mol. The smallest absolute Gasteiger partial charge is 0.254 e. The Kier molecular flexibility index (Phi) is 7.26. The lowest BCUT2D eigenvalue weighted by molar-refractivity contribution is -0.136. The van der Waals surface area contributed by atoms with Crippen LogP contribution in [-0.2, 0) is 11.2 Å². The van der Waals surface area contributed by atoms with Crippen LogP contribution in [0.5, 0.6) is 5.75 Å². The third-order valence-electron chi connectivity index (χ3n) is 6.26. The second-order valence-corrected chi connectivity index (χ2v) is 10.8. The quantitative estimate of drug-likeness (QED) is 0.446. The number of fused-ring (bicyclic) bond motifs is 1. The zero-order chi connectivity index (χ0) is 25.2. The second-order valence-electron chi connectivity index (χ2n) is 9.85. The molecule has 1 aliphatic heterocycles. The van der Waals surface area contributed by atoms with E-state index < -0.39 is 11.4 Å². The Morgan fingerprint density at radius 3 is 2.57 bits per heavy atom. The lowest BCUT2D eigenvalue weighted by Crippen LogP contribution is -2.53. The van der Waals surface area contributed by atoms with Crippen LogP contribution in [0.3, 0.4) is 0 Å². The minimum absolute atomic E-state index is 0.0979. The Hall–Kier alpha value is -3.19. The summed E-state index contributed by atoms with van der Waals surface area (Å²) in [6.07, 6.45) is 0.771. The van der Waals surface area contributed by atoms with Crippen LogP contribution in [-0.4, -0.2) is 46.8 Å². The van der Waals surface area contributed by atoms with Crippen LogP contribution in [0.4, 0.5) is 4.39 Å². The van der Waals surface area contributed by atoms with Gasteiger partial charge in [0, 0.05) is 22.5 Å². The van der Waals surface area contributed by atoms with E-state index in [9.17, 15) is 14.0 Å². The van der Waals surface area contributed by atoms with Crippen molar-refractivity contribution in [1.29, 1.82) is 0 Å². The van der Waals surface area contributed by atoms with E-state index in [2.05, 4.69) is 6.07 Å². The highest BCUT2D eigenvalue weighted by atomic mass is 32.1. The van der Waals surface area contributed by atoms with Crippen LogP contribution in [0.25, 0.3) is 0 Å². The average Bonchev–Trinajstić information content (AvgIpc) is 3.30. The molecule has 0 spiro atoms. The summed E-state index contributed by atoms with van der Waals surface area (Å²) in [7, 11) is 0. The maximum atomic E-state index is 13.8. The number of carbonyl (C=O) groups is 2. The molecule has 0 saturated carbocycles. The van der Waals surface area contributed by atoms with Gasteiger partial charge in [0.05, 0.1) is 6.04 Å². The number of rotatable bonds is 6. The Morgan fingerprint density at radius 1 is 1.14 bits per heavy atom. The van der Waals surface area contributed by atoms with Gasteiger partial charge in [-0.25, -0.2) is 4.39 Å². The van der Waals surface area contributed by atoms with E-state index in [0.29, 0.717) is 13.2 Å². The van der Waals surface area contributed by atoms with Gasteiger partial charge in [-0.05, 0) is 81.5 Å². The maximum absolute atomic E-state index is 13.8. The lowest BCUT2D eigenvalue weighted by Gasteiger charge is -2.40. The number of hydrogen-bond acceptors (Lipinski definition) is 4. The molecule has 0 aliphatic carbocycles. The van der Waals surface area contributed by atoms with Crippen molar-refractivity contribution in [2.75, 3.05) is 19.7 Å². The summed E-state index contributed by atoms with van der Waals surface area (Å²) < 4.78 is 19.9. The molecular weight excluding hydrogens is 463 g/mol. The van der Waals surface area contributed by atoms with Crippen molar-refractivity contribution in [2.45, 2.75) is 45.7 Å². The molecule has 0 N–H and O–H groups in total. The monoisotopic (exact) mass is 494 g/mol. The van der Waals surface area contributed by atoms with Crippen molar-refractivity contribution in [3.8, 4) is 5.75 Å². The molecule has 0 fully saturated rings. The molecule has 3 aromatic rings. The molecule has 184 valence electrons. The first-order chi connectivity index (χ1) is 16.6. The van der Waals surface area contributed by atoms with Crippen LogP contribution < -0.4 is 4.74 Å². The fourth-order valence-corrected chi connectivity index (χ4v) is 5.23. The highest BCUT2D eigenvalue weighted by Crippen LogP contribution is 2.34. The average molecular weight is 495 g/mol. The first kappa shape index (κ1) is 24.9. The highest BCUT2D eigenvalue weighted by Gasteiger charge is 2.36. The molecular formula is C28H31FN2O3S. The molecule has 7 heteroatoms. The van der Waals surface area contributed by atoms with Crippen molar-refractivity contribution in [1.82, 2.24) is 9.80 Å². The summed E-state index contributed by atoms with van der Waals surface area (Å²) in [6, 6.07) is 15.2. The minimum atomic E-state index is -0.629. The molecule has 0 saturated heterocycles. The molecule has 2 aromatic carbocycles. The molecule has 2 amide bonds. The fraction of sp³-hybridized carbons (Fsp3) is 0.357. The topological polar surface area (TPSA) is 49.9 Å². The van der Waals surface area contributed by atoms with Gasteiger partial charge in [-0.1, -0.05) is 23.8 Å². The Bertz CT molecular complexity index is 1200. The van der Waals surface area contributed by atoms with Crippen molar-refractivity contribution in [3.05, 3.63) is 87.4 Å². The third-order valence-corrected chi connectivity index (χ3v) is 7.26. The summed E-state index contributed by atoms with van der Waals surface area (Å²) in [6.45, 7) is 8.44. The van der Waals surface area contributed by atoms with E-state index in [0.717, 1.165) is 23.3 Å². The van der Waals surface area contributed by atoms with Crippen LogP contribution in [0, 0.1) is 12.7 Å². The summed E-state index contributed by atoms with van der Waals surface area (Å²) in [5, 5.41) is 2.05. The molecule has 2 heterocycles. The van der Waals surface area contributed by atoms with Gasteiger partial charge in [0.2, 0.25) is 5.91 Å². The zero-order valence-corrected chi connectivity index (χ0v) is 21.4. The van der Waals surface area contributed by atoms with E-state index in [1.54, 1.807) is 17.4 Å². The molecule has 35 heavy (non-hydrogen) atoms. The van der Waals surface area contributed by atoms with Crippen molar-refractivity contribution in [3.63, 3.8) is 0 Å². The maximum Gasteiger partial charge on any atom is 0.254 e. The summed E-state index contributed by atoms with van der Waals surface area (Å²) in [4.78, 5) is 31.6. The minimum Gasteiger partial charge on any atom is -0.491 e. The number of nitrogens with zero attached hydrogens (tertiary/aromatic N) is 2. The van der Waals surface area contributed by atoms with Gasteiger partial charge in [0.1, 0.15) is 24.7 Å². The van der Waals surface area contributed by atoms with E-state index in [1.807, 2.05) is 62.2 Å². The van der Waals surface area contributed by atoms with Gasteiger partial charge in [0.15, 0.2) is 0 Å². The Labute approximate surface area is 210 Å². The number of ether oxygens (including phenoxy) is 1. The van der Waals surface area contributed by atoms with Crippen LogP contribution in [0.1, 0.15) is 53.2 Å². The molecule has 0 radical (unpaired) electrons. The number of benzene rings is 2. The van der Waals surface area contributed by atoms with Gasteiger partial charge in [-0.15, -0.1) is 11.3 Å². The molecule has 1 atom stereocenters. The lowest BCUT2D eigenvalue weighted by atomic mass is 9.99. The standard InChI is InChI=1S/C28H31FN2O3S/c1-19-8-10-22(11-9-19)34-18-24-23-13-15-35-25(23)12-14-30(24)26(32)17-31(28(2,3)4)27(33)20-6-5-7-21(29)16-20/h5-11,13,15-16,24H,12,14,17-18H2,1-4H3. The summed E-state index contributed by atoms with van der Waals surface area (Å²) in [5.74, 6) is -0.251. The number of carbonyl (C=O) groups excluding carboxylic acids is 2. The second kappa shape index (κ2) is 10.2. The molecule has 1 unspecified atom stereocenters. The molecule has 5 nitrogen and oxygen atoms in total. The van der Waals surface area contributed by atoms with Crippen molar-refractivity contribution < 1.29 is 18.7 Å². The third kappa shape index (κ3) is 5.73. The van der Waals surface area contributed by atoms with Gasteiger partial charge in [-0.3, -0.25) is 9.59 Å². The number of halogens is 1. The van der Waals surface area contributed by atoms with Gasteiger partial charge < -0.3 is 14.5 Å². The normalized spacial score (nSPS) is 15.5. The van der Waals surface area contributed by atoms with Crippen LogP contribution >= 0.6 is 11.3 Å². The SMILES string of the molecule is Cc1ccc(OCC2c3ccsc3CCN2C(=O)CN(C(=O)c2cccc(F)c2)C(C)(C)C)cc1. The molecule has 1 aromatic heterocycles. The summed E-state index contributed by atoms with van der Waals surface area (Å²) >= 11 is 1.69. The Balaban J connectivity index is 1.56. The number of aryl methyl sites for hydroxylation is 1. The number of thiophene rings is 1. The number of amides is 2. The Morgan fingerprint density at radius 2 is 1.89 bits per heavy atom. The molecule has 1 aliphatic rings. The van der Waals surface area contributed by atoms with Gasteiger partial charge >= 0.3 is 0 Å². The highest BCUT2D eigenvalue weighted by molar-refractivity contribution is 7.10.